The number of ketones is 1. The van der Waals surface area contributed by atoms with Crippen molar-refractivity contribution in [3.05, 3.63) is 30.1 Å². The second kappa shape index (κ2) is 4.11. The fourth-order valence-electron chi connectivity index (χ4n) is 1.94. The average Bonchev–Trinajstić information content (AvgIpc) is 2.18. The van der Waals surface area contributed by atoms with E-state index in [1.807, 2.05) is 12.1 Å². The first-order valence-electron chi connectivity index (χ1n) is 5.24. The van der Waals surface area contributed by atoms with Crippen molar-refractivity contribution in [3.8, 4) is 0 Å². The molecule has 0 spiro atoms. The zero-order chi connectivity index (χ0) is 10.7. The molecule has 1 fully saturated rings. The average molecular weight is 205 g/mol. The van der Waals surface area contributed by atoms with E-state index in [-0.39, 0.29) is 5.78 Å². The topological polar surface area (TPSA) is 39.2 Å². The van der Waals surface area contributed by atoms with Crippen LogP contribution in [0.4, 0.5) is 0 Å². The Bertz CT molecular complexity index is 338. The van der Waals surface area contributed by atoms with Gasteiger partial charge in [-0.3, -0.25) is 9.78 Å². The first kappa shape index (κ1) is 10.3. The van der Waals surface area contributed by atoms with Crippen LogP contribution in [0.2, 0.25) is 0 Å². The summed E-state index contributed by atoms with van der Waals surface area (Å²) in [6.45, 7) is 0. The Hall–Kier alpha value is -1.22. The molecule has 0 bridgehead atoms. The maximum absolute atomic E-state index is 12.0. The fraction of sp³-hybridized carbons (Fsp3) is 0.500. The van der Waals surface area contributed by atoms with Crippen LogP contribution in [0.15, 0.2) is 24.5 Å². The molecule has 0 aliphatic heterocycles. The van der Waals surface area contributed by atoms with Crippen molar-refractivity contribution in [1.29, 1.82) is 0 Å². The molecule has 1 saturated carbocycles. The molecule has 80 valence electrons. The molecule has 0 saturated heterocycles. The Kier molecular flexibility index (Phi) is 2.82. The summed E-state index contributed by atoms with van der Waals surface area (Å²) in [4.78, 5) is 15.9. The number of aromatic nitrogens is 1. The molecule has 0 amide bonds. The van der Waals surface area contributed by atoms with Gasteiger partial charge in [-0.1, -0.05) is 0 Å². The second-order valence-electron chi connectivity index (χ2n) is 4.01. The van der Waals surface area contributed by atoms with Gasteiger partial charge in [0, 0.05) is 25.9 Å². The highest BCUT2D eigenvalue weighted by Gasteiger charge is 2.43. The van der Waals surface area contributed by atoms with Gasteiger partial charge in [-0.2, -0.15) is 0 Å². The van der Waals surface area contributed by atoms with E-state index in [4.69, 9.17) is 4.74 Å². The van der Waals surface area contributed by atoms with E-state index in [9.17, 15) is 4.79 Å². The molecule has 0 aromatic carbocycles. The molecular weight excluding hydrogens is 190 g/mol. The van der Waals surface area contributed by atoms with Gasteiger partial charge >= 0.3 is 0 Å². The lowest BCUT2D eigenvalue weighted by Crippen LogP contribution is -2.47. The van der Waals surface area contributed by atoms with Gasteiger partial charge in [0.25, 0.3) is 0 Å². The fourth-order valence-corrected chi connectivity index (χ4v) is 1.94. The number of pyridine rings is 1. The van der Waals surface area contributed by atoms with Gasteiger partial charge in [0.2, 0.25) is 0 Å². The summed E-state index contributed by atoms with van der Waals surface area (Å²) >= 11 is 0. The van der Waals surface area contributed by atoms with Crippen LogP contribution >= 0.6 is 0 Å². The van der Waals surface area contributed by atoms with Gasteiger partial charge in [0.15, 0.2) is 5.78 Å². The SMILES string of the molecule is COC1(C(=O)Cc2ccncc2)CCC1. The molecular formula is C12H15NO2. The summed E-state index contributed by atoms with van der Waals surface area (Å²) in [7, 11) is 1.63. The van der Waals surface area contributed by atoms with Gasteiger partial charge in [0.05, 0.1) is 0 Å². The predicted octanol–water partition coefficient (Wildman–Crippen LogP) is 1.76. The van der Waals surface area contributed by atoms with Gasteiger partial charge in [-0.15, -0.1) is 0 Å². The summed E-state index contributed by atoms with van der Waals surface area (Å²) < 4.78 is 5.34. The maximum Gasteiger partial charge on any atom is 0.168 e. The Balaban J connectivity index is 2.04. The minimum atomic E-state index is -0.483. The first-order chi connectivity index (χ1) is 7.27. The predicted molar refractivity (Wildman–Crippen MR) is 56.5 cm³/mol. The van der Waals surface area contributed by atoms with Crippen molar-refractivity contribution >= 4 is 5.78 Å². The van der Waals surface area contributed by atoms with Crippen LogP contribution in [-0.4, -0.2) is 23.5 Å². The zero-order valence-corrected chi connectivity index (χ0v) is 8.90. The Morgan fingerprint density at radius 2 is 2.13 bits per heavy atom. The number of methoxy groups -OCH3 is 1. The number of rotatable bonds is 4. The molecule has 0 radical (unpaired) electrons. The number of ether oxygens (including phenoxy) is 1. The van der Waals surface area contributed by atoms with E-state index in [1.165, 1.54) is 0 Å². The van der Waals surface area contributed by atoms with E-state index in [1.54, 1.807) is 19.5 Å². The molecule has 1 aliphatic rings. The standard InChI is InChI=1S/C12H15NO2/c1-15-12(5-2-6-12)11(14)9-10-3-7-13-8-4-10/h3-4,7-8H,2,5-6,9H2,1H3. The van der Waals surface area contributed by atoms with Crippen molar-refractivity contribution in [3.63, 3.8) is 0 Å². The van der Waals surface area contributed by atoms with E-state index < -0.39 is 5.60 Å². The van der Waals surface area contributed by atoms with Crippen molar-refractivity contribution in [2.24, 2.45) is 0 Å². The Morgan fingerprint density at radius 3 is 2.60 bits per heavy atom. The van der Waals surface area contributed by atoms with Crippen LogP contribution in [-0.2, 0) is 16.0 Å². The van der Waals surface area contributed by atoms with Crippen LogP contribution in [0.1, 0.15) is 24.8 Å². The monoisotopic (exact) mass is 205 g/mol. The number of carbonyl (C=O) groups is 1. The summed E-state index contributed by atoms with van der Waals surface area (Å²) in [6, 6.07) is 3.75. The smallest absolute Gasteiger partial charge is 0.168 e. The number of nitrogens with zero attached hydrogens (tertiary/aromatic N) is 1. The maximum atomic E-state index is 12.0. The molecule has 1 aromatic rings. The minimum Gasteiger partial charge on any atom is -0.370 e. The molecule has 1 aliphatic carbocycles. The minimum absolute atomic E-state index is 0.197. The van der Waals surface area contributed by atoms with E-state index in [0.717, 1.165) is 24.8 Å². The lowest BCUT2D eigenvalue weighted by molar-refractivity contribution is -0.151. The summed E-state index contributed by atoms with van der Waals surface area (Å²) in [6.07, 6.45) is 6.71. The summed E-state index contributed by atoms with van der Waals surface area (Å²) in [5.41, 5.74) is 0.529. The third-order valence-corrected chi connectivity index (χ3v) is 3.17. The van der Waals surface area contributed by atoms with Crippen LogP contribution in [0.25, 0.3) is 0 Å². The largest absolute Gasteiger partial charge is 0.370 e. The quantitative estimate of drug-likeness (QED) is 0.752. The third-order valence-electron chi connectivity index (χ3n) is 3.17. The molecule has 0 unspecified atom stereocenters. The third kappa shape index (κ3) is 1.92. The van der Waals surface area contributed by atoms with Gasteiger partial charge in [-0.25, -0.2) is 0 Å². The first-order valence-corrected chi connectivity index (χ1v) is 5.24. The van der Waals surface area contributed by atoms with Crippen LogP contribution in [0, 0.1) is 0 Å². The lowest BCUT2D eigenvalue weighted by atomic mass is 9.75. The lowest BCUT2D eigenvalue weighted by Gasteiger charge is -2.38. The summed E-state index contributed by atoms with van der Waals surface area (Å²) in [5, 5.41) is 0. The van der Waals surface area contributed by atoms with E-state index in [2.05, 4.69) is 4.98 Å². The number of hydrogen-bond acceptors (Lipinski definition) is 3. The van der Waals surface area contributed by atoms with Crippen molar-refractivity contribution < 1.29 is 9.53 Å². The molecule has 3 heteroatoms. The highest BCUT2D eigenvalue weighted by Crippen LogP contribution is 2.36. The zero-order valence-electron chi connectivity index (χ0n) is 8.90. The number of hydrogen-bond donors (Lipinski definition) is 0. The van der Waals surface area contributed by atoms with Crippen molar-refractivity contribution in [2.45, 2.75) is 31.3 Å². The molecule has 1 heterocycles. The highest BCUT2D eigenvalue weighted by molar-refractivity contribution is 5.90. The van der Waals surface area contributed by atoms with Crippen molar-refractivity contribution in [2.75, 3.05) is 7.11 Å². The molecule has 15 heavy (non-hydrogen) atoms. The Morgan fingerprint density at radius 1 is 1.47 bits per heavy atom. The van der Waals surface area contributed by atoms with Crippen LogP contribution in [0.3, 0.4) is 0 Å². The highest BCUT2D eigenvalue weighted by atomic mass is 16.5. The molecule has 1 aromatic heterocycles. The molecule has 2 rings (SSSR count). The number of Topliss-reactive ketones (excluding diaryl/α,β-unsaturated/α-hetero) is 1. The molecule has 0 atom stereocenters. The van der Waals surface area contributed by atoms with Gasteiger partial charge < -0.3 is 4.74 Å². The molecule has 3 nitrogen and oxygen atoms in total. The number of carbonyl (C=O) groups excluding carboxylic acids is 1. The molecule has 0 N–H and O–H groups in total. The second-order valence-corrected chi connectivity index (χ2v) is 4.01. The van der Waals surface area contributed by atoms with E-state index in [0.29, 0.717) is 6.42 Å². The van der Waals surface area contributed by atoms with E-state index >= 15 is 0 Å². The van der Waals surface area contributed by atoms with Crippen LogP contribution in [0.5, 0.6) is 0 Å². The van der Waals surface area contributed by atoms with Crippen LogP contribution < -0.4 is 0 Å². The Labute approximate surface area is 89.5 Å². The summed E-state index contributed by atoms with van der Waals surface area (Å²) in [5.74, 6) is 0.197. The van der Waals surface area contributed by atoms with Gasteiger partial charge in [0.1, 0.15) is 5.60 Å². The van der Waals surface area contributed by atoms with Crippen molar-refractivity contribution in [1.82, 2.24) is 4.98 Å². The van der Waals surface area contributed by atoms with Gasteiger partial charge in [-0.05, 0) is 37.0 Å². The normalized spacial score (nSPS) is 18.2.